The van der Waals surface area contributed by atoms with E-state index in [1.54, 1.807) is 35.9 Å². The molecule has 31 heavy (non-hydrogen) atoms. The number of nitrogens with one attached hydrogen (secondary N) is 1. The molecular weight excluding hydrogens is 396 g/mol. The molecule has 158 valence electrons. The fourth-order valence-corrected chi connectivity index (χ4v) is 3.33. The molecule has 2 heterocycles. The summed E-state index contributed by atoms with van der Waals surface area (Å²) in [7, 11) is 3.02. The number of rotatable bonds is 5. The number of benzene rings is 2. The molecule has 0 spiro atoms. The monoisotopic (exact) mass is 418 g/mol. The summed E-state index contributed by atoms with van der Waals surface area (Å²) >= 11 is 0. The van der Waals surface area contributed by atoms with Gasteiger partial charge in [-0.3, -0.25) is 18.5 Å². The average molecular weight is 418 g/mol. The molecule has 0 saturated carbocycles. The van der Waals surface area contributed by atoms with Crippen LogP contribution in [0.3, 0.4) is 0 Å². The average Bonchev–Trinajstić information content (AvgIpc) is 3.11. The van der Waals surface area contributed by atoms with Crippen LogP contribution < -0.4 is 16.7 Å². The van der Waals surface area contributed by atoms with Gasteiger partial charge < -0.3 is 5.11 Å². The van der Waals surface area contributed by atoms with E-state index in [1.165, 1.54) is 17.8 Å². The van der Waals surface area contributed by atoms with Gasteiger partial charge in [0.2, 0.25) is 5.95 Å². The number of anilines is 1. The minimum absolute atomic E-state index is 0.133. The van der Waals surface area contributed by atoms with E-state index in [1.807, 2.05) is 31.2 Å². The molecule has 0 aliphatic heterocycles. The van der Waals surface area contributed by atoms with Gasteiger partial charge in [-0.05, 0) is 30.2 Å². The normalized spacial score (nSPS) is 11.5. The highest BCUT2D eigenvalue weighted by atomic mass is 16.3. The number of imidazole rings is 1. The van der Waals surface area contributed by atoms with Crippen LogP contribution >= 0.6 is 0 Å². The smallest absolute Gasteiger partial charge is 0.332 e. The molecule has 0 amide bonds. The second-order valence-electron chi connectivity index (χ2n) is 7.35. The van der Waals surface area contributed by atoms with E-state index >= 15 is 0 Å². The maximum absolute atomic E-state index is 12.9. The zero-order valence-corrected chi connectivity index (χ0v) is 17.4. The van der Waals surface area contributed by atoms with Crippen molar-refractivity contribution in [3.05, 3.63) is 86.1 Å². The van der Waals surface area contributed by atoms with Crippen molar-refractivity contribution in [2.45, 2.75) is 13.5 Å². The van der Waals surface area contributed by atoms with Crippen LogP contribution in [0.2, 0.25) is 0 Å². The first-order chi connectivity index (χ1) is 14.8. The molecule has 0 atom stereocenters. The second-order valence-corrected chi connectivity index (χ2v) is 7.35. The lowest BCUT2D eigenvalue weighted by Gasteiger charge is -2.09. The Labute approximate surface area is 177 Å². The Kier molecular flexibility index (Phi) is 5.16. The molecular formula is C22H22N6O3. The van der Waals surface area contributed by atoms with Gasteiger partial charge in [-0.15, -0.1) is 0 Å². The Balaban J connectivity index is 1.82. The molecule has 0 unspecified atom stereocenters. The number of hydrogen-bond acceptors (Lipinski definition) is 6. The Morgan fingerprint density at radius 3 is 2.55 bits per heavy atom. The van der Waals surface area contributed by atoms with Crippen LogP contribution in [0.15, 0.2) is 63.2 Å². The zero-order chi connectivity index (χ0) is 22.1. The van der Waals surface area contributed by atoms with E-state index < -0.39 is 11.2 Å². The van der Waals surface area contributed by atoms with Gasteiger partial charge in [0.05, 0.1) is 12.8 Å². The molecule has 2 aromatic heterocycles. The number of hydrogen-bond donors (Lipinski definition) is 2. The number of aryl methyl sites for hydroxylation is 2. The van der Waals surface area contributed by atoms with E-state index in [0.717, 1.165) is 15.7 Å². The summed E-state index contributed by atoms with van der Waals surface area (Å²) in [6.07, 6.45) is 1.53. The third kappa shape index (κ3) is 3.85. The van der Waals surface area contributed by atoms with E-state index in [9.17, 15) is 14.7 Å². The maximum Gasteiger partial charge on any atom is 0.332 e. The first-order valence-electron chi connectivity index (χ1n) is 9.65. The van der Waals surface area contributed by atoms with Crippen molar-refractivity contribution < 1.29 is 5.11 Å². The van der Waals surface area contributed by atoms with Crippen LogP contribution in [0.5, 0.6) is 5.75 Å². The van der Waals surface area contributed by atoms with Gasteiger partial charge >= 0.3 is 5.69 Å². The highest BCUT2D eigenvalue weighted by Gasteiger charge is 2.19. The zero-order valence-electron chi connectivity index (χ0n) is 17.4. The lowest BCUT2D eigenvalue weighted by Crippen LogP contribution is -2.37. The largest absolute Gasteiger partial charge is 0.508 e. The van der Waals surface area contributed by atoms with Crippen LogP contribution in [-0.4, -0.2) is 30.0 Å². The predicted octanol–water partition coefficient (Wildman–Crippen LogP) is 1.94. The van der Waals surface area contributed by atoms with E-state index in [2.05, 4.69) is 15.5 Å². The van der Waals surface area contributed by atoms with E-state index in [0.29, 0.717) is 23.6 Å². The molecule has 0 aliphatic carbocycles. The van der Waals surface area contributed by atoms with Gasteiger partial charge in [0.25, 0.3) is 5.56 Å². The highest BCUT2D eigenvalue weighted by molar-refractivity contribution is 5.81. The second kappa shape index (κ2) is 7.94. The van der Waals surface area contributed by atoms with Gasteiger partial charge in [-0.1, -0.05) is 42.0 Å². The van der Waals surface area contributed by atoms with Gasteiger partial charge in [-0.25, -0.2) is 10.2 Å². The van der Waals surface area contributed by atoms with Crippen molar-refractivity contribution in [3.8, 4) is 5.75 Å². The molecule has 0 fully saturated rings. The summed E-state index contributed by atoms with van der Waals surface area (Å²) in [4.78, 5) is 29.7. The molecule has 0 bridgehead atoms. The van der Waals surface area contributed by atoms with Gasteiger partial charge in [0.15, 0.2) is 11.2 Å². The van der Waals surface area contributed by atoms with Gasteiger partial charge in [0, 0.05) is 14.1 Å². The fourth-order valence-electron chi connectivity index (χ4n) is 3.33. The van der Waals surface area contributed by atoms with Crippen LogP contribution in [0.25, 0.3) is 11.2 Å². The van der Waals surface area contributed by atoms with Crippen molar-refractivity contribution in [2.24, 2.45) is 19.2 Å². The molecule has 0 aliphatic rings. The number of fused-ring (bicyclic) bond motifs is 1. The molecule has 0 radical (unpaired) electrons. The molecule has 4 rings (SSSR count). The van der Waals surface area contributed by atoms with Crippen molar-refractivity contribution >= 4 is 23.3 Å². The quantitative estimate of drug-likeness (QED) is 0.381. The number of hydrazone groups is 1. The third-order valence-electron chi connectivity index (χ3n) is 5.06. The SMILES string of the molecule is Cc1ccc(Cn2c(NN=Cc3cccc(O)c3)nc3c2c(=O)n(C)c(=O)n3C)cc1. The Bertz CT molecular complexity index is 1410. The molecule has 0 saturated heterocycles. The number of aromatic hydroxyl groups is 1. The van der Waals surface area contributed by atoms with Gasteiger partial charge in [-0.2, -0.15) is 10.1 Å². The summed E-state index contributed by atoms with van der Waals surface area (Å²) < 4.78 is 4.11. The number of nitrogens with zero attached hydrogens (tertiary/aromatic N) is 5. The summed E-state index contributed by atoms with van der Waals surface area (Å²) in [5, 5.41) is 13.8. The Hall–Kier alpha value is -4.14. The molecule has 9 nitrogen and oxygen atoms in total. The van der Waals surface area contributed by atoms with Crippen molar-refractivity contribution in [3.63, 3.8) is 0 Å². The number of phenols is 1. The van der Waals surface area contributed by atoms with Crippen LogP contribution in [-0.2, 0) is 20.6 Å². The van der Waals surface area contributed by atoms with Crippen LogP contribution in [0.4, 0.5) is 5.95 Å². The first-order valence-corrected chi connectivity index (χ1v) is 9.65. The molecule has 4 aromatic rings. The summed E-state index contributed by atoms with van der Waals surface area (Å²) in [6.45, 7) is 2.37. The lowest BCUT2D eigenvalue weighted by molar-refractivity contribution is 0.475. The van der Waals surface area contributed by atoms with Crippen LogP contribution in [0, 0.1) is 6.92 Å². The minimum atomic E-state index is -0.452. The summed E-state index contributed by atoms with van der Waals surface area (Å²) in [5.41, 5.74) is 5.37. The van der Waals surface area contributed by atoms with Crippen molar-refractivity contribution in [1.82, 2.24) is 18.7 Å². The Morgan fingerprint density at radius 1 is 1.10 bits per heavy atom. The molecule has 2 aromatic carbocycles. The van der Waals surface area contributed by atoms with Crippen molar-refractivity contribution in [2.75, 3.05) is 5.43 Å². The maximum atomic E-state index is 12.9. The molecule has 9 heteroatoms. The highest BCUT2D eigenvalue weighted by Crippen LogP contribution is 2.18. The minimum Gasteiger partial charge on any atom is -0.508 e. The standard InChI is InChI=1S/C22H22N6O3/c1-14-7-9-15(10-8-14)13-28-18-19(26(2)22(31)27(3)20(18)30)24-21(28)25-23-12-16-5-4-6-17(29)11-16/h4-12,29H,13H2,1-3H3,(H,24,25). The summed E-state index contributed by atoms with van der Waals surface area (Å²) in [5.74, 6) is 0.458. The number of phenolic OH excluding ortho intramolecular Hbond substituents is 1. The van der Waals surface area contributed by atoms with Crippen molar-refractivity contribution in [1.29, 1.82) is 0 Å². The topological polar surface area (TPSA) is 106 Å². The van der Waals surface area contributed by atoms with E-state index in [4.69, 9.17) is 0 Å². The number of aromatic nitrogens is 4. The summed E-state index contributed by atoms with van der Waals surface area (Å²) in [6, 6.07) is 14.6. The fraction of sp³-hybridized carbons (Fsp3) is 0.182. The lowest BCUT2D eigenvalue weighted by atomic mass is 10.1. The first kappa shape index (κ1) is 20.1. The molecule has 2 N–H and O–H groups in total. The Morgan fingerprint density at radius 2 is 1.84 bits per heavy atom. The van der Waals surface area contributed by atoms with Gasteiger partial charge in [0.1, 0.15) is 5.75 Å². The van der Waals surface area contributed by atoms with Crippen LogP contribution in [0.1, 0.15) is 16.7 Å². The van der Waals surface area contributed by atoms with E-state index in [-0.39, 0.29) is 11.4 Å². The predicted molar refractivity (Wildman–Crippen MR) is 120 cm³/mol. The third-order valence-corrected chi connectivity index (χ3v) is 5.06.